The Morgan fingerprint density at radius 3 is 2.74 bits per heavy atom. The van der Waals surface area contributed by atoms with Gasteiger partial charge in [0.25, 0.3) is 5.56 Å². The molecule has 7 nitrogen and oxygen atoms in total. The van der Waals surface area contributed by atoms with Crippen molar-refractivity contribution in [2.75, 3.05) is 13.7 Å². The summed E-state index contributed by atoms with van der Waals surface area (Å²) in [5.74, 6) is 0.0205. The van der Waals surface area contributed by atoms with Crippen LogP contribution in [-0.2, 0) is 0 Å². The highest BCUT2D eigenvalue weighted by Crippen LogP contribution is 2.31. The van der Waals surface area contributed by atoms with Gasteiger partial charge in [-0.25, -0.2) is 9.37 Å². The average molecular weight is 455 g/mol. The Morgan fingerprint density at radius 1 is 1.24 bits per heavy atom. The fourth-order valence-corrected chi connectivity index (χ4v) is 4.40. The summed E-state index contributed by atoms with van der Waals surface area (Å²) in [5, 5.41) is 13.3. The van der Waals surface area contributed by atoms with Crippen LogP contribution >= 0.6 is 0 Å². The first-order valence-corrected chi connectivity index (χ1v) is 11.0. The van der Waals surface area contributed by atoms with Gasteiger partial charge in [0.05, 0.1) is 41.4 Å². The Morgan fingerprint density at radius 2 is 2.09 bits per heavy atom. The van der Waals surface area contributed by atoms with Crippen molar-refractivity contribution >= 4 is 10.9 Å². The average Bonchev–Trinajstić information content (AvgIpc) is 3.39. The molecule has 0 saturated carbocycles. The van der Waals surface area contributed by atoms with Gasteiger partial charge in [0.2, 0.25) is 0 Å². The predicted octanol–water partition coefficient (Wildman–Crippen LogP) is 4.20. The number of nitrogens with zero attached hydrogens (tertiary/aromatic N) is 4. The molecule has 0 radical (unpaired) electrons. The highest BCUT2D eigenvalue weighted by molar-refractivity contribution is 5.94. The number of ether oxygens (including phenoxy) is 1. The van der Waals surface area contributed by atoms with Crippen LogP contribution < -0.4 is 15.6 Å². The van der Waals surface area contributed by atoms with Crippen molar-refractivity contribution < 1.29 is 9.13 Å². The number of rotatable bonds is 4. The van der Waals surface area contributed by atoms with E-state index in [2.05, 4.69) is 16.4 Å². The molecule has 3 heterocycles. The smallest absolute Gasteiger partial charge is 0.266 e. The van der Waals surface area contributed by atoms with Gasteiger partial charge in [-0.2, -0.15) is 5.26 Å². The summed E-state index contributed by atoms with van der Waals surface area (Å²) in [6.07, 6.45) is 3.46. The van der Waals surface area contributed by atoms with E-state index in [-0.39, 0.29) is 22.7 Å². The minimum absolute atomic E-state index is 0.0898. The fraction of sp³-hybridized carbons (Fsp3) is 0.231. The van der Waals surface area contributed by atoms with E-state index in [1.54, 1.807) is 18.3 Å². The lowest BCUT2D eigenvalue weighted by Crippen LogP contribution is -2.29. The Labute approximate surface area is 195 Å². The van der Waals surface area contributed by atoms with Crippen LogP contribution in [0.4, 0.5) is 4.39 Å². The van der Waals surface area contributed by atoms with Gasteiger partial charge in [0, 0.05) is 29.1 Å². The lowest BCUT2D eigenvalue weighted by molar-refractivity contribution is 0.386. The van der Waals surface area contributed by atoms with Crippen LogP contribution in [0, 0.1) is 24.1 Å². The number of hydrogen-bond acceptors (Lipinski definition) is 6. The molecule has 0 amide bonds. The highest BCUT2D eigenvalue weighted by Gasteiger charge is 2.25. The van der Waals surface area contributed by atoms with Crippen molar-refractivity contribution in [1.29, 1.82) is 5.26 Å². The fourth-order valence-electron chi connectivity index (χ4n) is 4.40. The molecule has 2 aromatic carbocycles. The molecule has 1 N–H and O–H groups in total. The maximum absolute atomic E-state index is 14.6. The van der Waals surface area contributed by atoms with Crippen molar-refractivity contribution in [2.24, 2.45) is 0 Å². The van der Waals surface area contributed by atoms with Gasteiger partial charge in [-0.05, 0) is 56.6 Å². The molecule has 2 aromatic heterocycles. The maximum Gasteiger partial charge on any atom is 0.266 e. The first-order chi connectivity index (χ1) is 16.5. The number of methoxy groups -OCH3 is 1. The molecular formula is C26H22FN5O2. The summed E-state index contributed by atoms with van der Waals surface area (Å²) in [6.45, 7) is 2.69. The third-order valence-electron chi connectivity index (χ3n) is 6.12. The number of benzene rings is 2. The largest absolute Gasteiger partial charge is 0.494 e. The van der Waals surface area contributed by atoms with Crippen molar-refractivity contribution in [1.82, 2.24) is 19.9 Å². The molecule has 1 fully saturated rings. The normalized spacial score (nSPS) is 15.4. The Balaban J connectivity index is 1.85. The van der Waals surface area contributed by atoms with Crippen LogP contribution in [0.3, 0.4) is 0 Å². The van der Waals surface area contributed by atoms with E-state index in [9.17, 15) is 14.4 Å². The van der Waals surface area contributed by atoms with Crippen LogP contribution in [0.5, 0.6) is 5.75 Å². The third kappa shape index (κ3) is 3.70. The summed E-state index contributed by atoms with van der Waals surface area (Å²) in [6, 6.07) is 13.4. The number of nitriles is 1. The molecule has 1 aliphatic rings. The first kappa shape index (κ1) is 21.7. The first-order valence-electron chi connectivity index (χ1n) is 11.0. The molecule has 1 atom stereocenters. The summed E-state index contributed by atoms with van der Waals surface area (Å²) >= 11 is 0. The zero-order chi connectivity index (χ0) is 23.8. The van der Waals surface area contributed by atoms with E-state index >= 15 is 0 Å². The van der Waals surface area contributed by atoms with Crippen LogP contribution in [0.1, 0.15) is 36.0 Å². The number of halogens is 1. The van der Waals surface area contributed by atoms with E-state index in [0.717, 1.165) is 30.6 Å². The van der Waals surface area contributed by atoms with Crippen LogP contribution in [0.2, 0.25) is 0 Å². The minimum atomic E-state index is -0.575. The number of fused-ring (bicyclic) bond motifs is 1. The lowest BCUT2D eigenvalue weighted by Gasteiger charge is -2.20. The molecule has 170 valence electrons. The SMILES string of the molecule is COc1ccc(-n2c([C@H]3CCCN3)nc3c(-c4ccc(C)nc4)cc(C#N)cc3c2=O)cc1F. The summed E-state index contributed by atoms with van der Waals surface area (Å²) in [5.41, 5.74) is 3.09. The van der Waals surface area contributed by atoms with Gasteiger partial charge in [-0.1, -0.05) is 6.07 Å². The Hall–Kier alpha value is -4.09. The Kier molecular flexibility index (Phi) is 5.56. The summed E-state index contributed by atoms with van der Waals surface area (Å²) in [4.78, 5) is 23.2. The zero-order valence-electron chi connectivity index (χ0n) is 18.8. The number of hydrogen-bond donors (Lipinski definition) is 1. The van der Waals surface area contributed by atoms with Crippen LogP contribution in [0.25, 0.3) is 27.7 Å². The quantitative estimate of drug-likeness (QED) is 0.496. The molecule has 0 spiro atoms. The van der Waals surface area contributed by atoms with Crippen molar-refractivity contribution in [3.05, 3.63) is 81.9 Å². The zero-order valence-corrected chi connectivity index (χ0v) is 18.8. The number of aryl methyl sites for hydroxylation is 1. The second-order valence-electron chi connectivity index (χ2n) is 8.30. The van der Waals surface area contributed by atoms with Crippen LogP contribution in [-0.4, -0.2) is 28.2 Å². The standard InChI is InChI=1S/C26H22FN5O2/c1-15-5-6-17(14-30-15)19-10-16(13-28)11-20-24(19)31-25(22-4-3-9-29-22)32(26(20)33)18-7-8-23(34-2)21(27)12-18/h5-8,10-12,14,22,29H,3-4,9H2,1-2H3/t22-/m1/s1. The molecule has 0 aliphatic carbocycles. The van der Waals surface area contributed by atoms with E-state index in [4.69, 9.17) is 9.72 Å². The molecule has 34 heavy (non-hydrogen) atoms. The van der Waals surface area contributed by atoms with E-state index in [1.807, 2.05) is 19.1 Å². The molecular weight excluding hydrogens is 433 g/mol. The Bertz CT molecular complexity index is 1500. The second kappa shape index (κ2) is 8.69. The van der Waals surface area contributed by atoms with Gasteiger partial charge in [-0.15, -0.1) is 0 Å². The van der Waals surface area contributed by atoms with E-state index in [1.165, 1.54) is 29.9 Å². The molecule has 0 bridgehead atoms. The van der Waals surface area contributed by atoms with E-state index in [0.29, 0.717) is 28.2 Å². The molecule has 4 aromatic rings. The summed E-state index contributed by atoms with van der Waals surface area (Å²) in [7, 11) is 1.39. The van der Waals surface area contributed by atoms with E-state index < -0.39 is 5.82 Å². The van der Waals surface area contributed by atoms with Crippen molar-refractivity contribution in [2.45, 2.75) is 25.8 Å². The minimum Gasteiger partial charge on any atom is -0.494 e. The van der Waals surface area contributed by atoms with Gasteiger partial charge < -0.3 is 10.1 Å². The second-order valence-corrected chi connectivity index (χ2v) is 8.30. The molecule has 5 rings (SSSR count). The van der Waals surface area contributed by atoms with Gasteiger partial charge in [0.15, 0.2) is 11.6 Å². The molecule has 0 unspecified atom stereocenters. The highest BCUT2D eigenvalue weighted by atomic mass is 19.1. The van der Waals surface area contributed by atoms with Crippen LogP contribution in [0.15, 0.2) is 53.5 Å². The predicted molar refractivity (Wildman–Crippen MR) is 127 cm³/mol. The lowest BCUT2D eigenvalue weighted by atomic mass is 10.00. The van der Waals surface area contributed by atoms with Gasteiger partial charge >= 0.3 is 0 Å². The van der Waals surface area contributed by atoms with Crippen molar-refractivity contribution in [3.63, 3.8) is 0 Å². The number of pyridine rings is 1. The monoisotopic (exact) mass is 455 g/mol. The number of nitrogens with one attached hydrogen (secondary N) is 1. The third-order valence-corrected chi connectivity index (χ3v) is 6.12. The number of aromatic nitrogens is 3. The maximum atomic E-state index is 14.6. The van der Waals surface area contributed by atoms with Gasteiger partial charge in [0.1, 0.15) is 5.82 Å². The topological polar surface area (TPSA) is 92.8 Å². The molecule has 8 heteroatoms. The summed E-state index contributed by atoms with van der Waals surface area (Å²) < 4.78 is 21.1. The van der Waals surface area contributed by atoms with Gasteiger partial charge in [-0.3, -0.25) is 14.3 Å². The van der Waals surface area contributed by atoms with Crippen molar-refractivity contribution in [3.8, 4) is 28.6 Å². The molecule has 1 aliphatic heterocycles. The molecule has 1 saturated heterocycles.